The number of ether oxygens (including phenoxy) is 1. The van der Waals surface area contributed by atoms with E-state index in [2.05, 4.69) is 12.1 Å². The second-order valence-corrected chi connectivity index (χ2v) is 5.54. The molecule has 0 fully saturated rings. The van der Waals surface area contributed by atoms with Crippen molar-refractivity contribution in [2.24, 2.45) is 0 Å². The van der Waals surface area contributed by atoms with Crippen molar-refractivity contribution in [3.63, 3.8) is 0 Å². The molecule has 0 bridgehead atoms. The number of halogens is 1. The van der Waals surface area contributed by atoms with Crippen molar-refractivity contribution >= 4 is 33.0 Å². The summed E-state index contributed by atoms with van der Waals surface area (Å²) < 4.78 is 6.93. The van der Waals surface area contributed by atoms with Crippen LogP contribution in [0.3, 0.4) is 0 Å². The molecule has 0 aliphatic heterocycles. The van der Waals surface area contributed by atoms with Crippen LogP contribution in [0.5, 0.6) is 5.75 Å². The molecule has 90 valence electrons. The zero-order valence-electron chi connectivity index (χ0n) is 9.60. The van der Waals surface area contributed by atoms with Gasteiger partial charge in [0.2, 0.25) is 0 Å². The minimum Gasteiger partial charge on any atom is -0.488 e. The highest BCUT2D eigenvalue weighted by Crippen LogP contribution is 2.31. The van der Waals surface area contributed by atoms with Gasteiger partial charge in [-0.1, -0.05) is 35.9 Å². The fraction of sp³-hybridized carbons (Fsp3) is 0.0667. The second-order valence-electron chi connectivity index (χ2n) is 3.97. The van der Waals surface area contributed by atoms with Crippen molar-refractivity contribution < 1.29 is 4.74 Å². The molecule has 1 nitrogen and oxygen atoms in total. The molecule has 3 heteroatoms. The van der Waals surface area contributed by atoms with E-state index in [4.69, 9.17) is 16.3 Å². The normalized spacial score (nSPS) is 10.7. The van der Waals surface area contributed by atoms with Crippen LogP contribution in [0.2, 0.25) is 5.02 Å². The molecule has 0 atom stereocenters. The molecule has 1 heterocycles. The third kappa shape index (κ3) is 2.35. The molecule has 0 aliphatic rings. The quantitative estimate of drug-likeness (QED) is 0.643. The second kappa shape index (κ2) is 5.01. The fourth-order valence-corrected chi connectivity index (χ4v) is 3.11. The Morgan fingerprint density at radius 3 is 2.61 bits per heavy atom. The maximum atomic E-state index is 6.15. The van der Waals surface area contributed by atoms with Gasteiger partial charge in [0, 0.05) is 20.0 Å². The monoisotopic (exact) mass is 274 g/mol. The number of rotatable bonds is 3. The molecule has 0 saturated carbocycles. The van der Waals surface area contributed by atoms with Crippen molar-refractivity contribution in [1.29, 1.82) is 0 Å². The first kappa shape index (κ1) is 11.6. The zero-order valence-corrected chi connectivity index (χ0v) is 11.2. The van der Waals surface area contributed by atoms with Crippen LogP contribution in [-0.4, -0.2) is 0 Å². The first-order chi connectivity index (χ1) is 8.83. The predicted octanol–water partition coefficient (Wildman–Crippen LogP) is 5.13. The van der Waals surface area contributed by atoms with E-state index in [1.807, 2.05) is 42.5 Å². The Kier molecular flexibility index (Phi) is 3.22. The standard InChI is InChI=1S/C15H11ClOS/c16-14-7-4-8-15-13(14)9-12(18-15)10-17-11-5-2-1-3-6-11/h1-9H,10H2. The van der Waals surface area contributed by atoms with Crippen molar-refractivity contribution in [2.45, 2.75) is 6.61 Å². The summed E-state index contributed by atoms with van der Waals surface area (Å²) in [5, 5.41) is 1.91. The minimum atomic E-state index is 0.583. The summed E-state index contributed by atoms with van der Waals surface area (Å²) in [6.07, 6.45) is 0. The highest BCUT2D eigenvalue weighted by molar-refractivity contribution is 7.19. The van der Waals surface area contributed by atoms with E-state index in [0.29, 0.717) is 6.61 Å². The van der Waals surface area contributed by atoms with E-state index in [1.165, 1.54) is 9.58 Å². The molecule has 3 rings (SSSR count). The van der Waals surface area contributed by atoms with Crippen LogP contribution >= 0.6 is 22.9 Å². The fourth-order valence-electron chi connectivity index (χ4n) is 1.82. The van der Waals surface area contributed by atoms with Crippen LogP contribution < -0.4 is 4.74 Å². The van der Waals surface area contributed by atoms with Gasteiger partial charge >= 0.3 is 0 Å². The third-order valence-electron chi connectivity index (χ3n) is 2.68. The lowest BCUT2D eigenvalue weighted by Crippen LogP contribution is -1.91. The molecular formula is C15H11ClOS. The van der Waals surface area contributed by atoms with Crippen molar-refractivity contribution in [3.8, 4) is 5.75 Å². The molecular weight excluding hydrogens is 264 g/mol. The van der Waals surface area contributed by atoms with E-state index in [-0.39, 0.29) is 0 Å². The Morgan fingerprint density at radius 2 is 1.83 bits per heavy atom. The Balaban J connectivity index is 1.81. The lowest BCUT2D eigenvalue weighted by Gasteiger charge is -2.02. The molecule has 0 unspecified atom stereocenters. The van der Waals surface area contributed by atoms with E-state index in [1.54, 1.807) is 11.3 Å². The molecule has 1 aromatic heterocycles. The first-order valence-corrected chi connectivity index (χ1v) is 6.87. The van der Waals surface area contributed by atoms with E-state index in [0.717, 1.165) is 16.2 Å². The highest BCUT2D eigenvalue weighted by atomic mass is 35.5. The van der Waals surface area contributed by atoms with E-state index >= 15 is 0 Å². The molecule has 0 N–H and O–H groups in total. The van der Waals surface area contributed by atoms with Gasteiger partial charge in [-0.2, -0.15) is 0 Å². The lowest BCUT2D eigenvalue weighted by atomic mass is 10.2. The van der Waals surface area contributed by atoms with E-state index in [9.17, 15) is 0 Å². The number of thiophene rings is 1. The van der Waals surface area contributed by atoms with Crippen LogP contribution in [-0.2, 0) is 6.61 Å². The Bertz CT molecular complexity index is 661. The number of hydrogen-bond donors (Lipinski definition) is 0. The van der Waals surface area contributed by atoms with Crippen molar-refractivity contribution in [2.75, 3.05) is 0 Å². The zero-order chi connectivity index (χ0) is 12.4. The number of benzene rings is 2. The minimum absolute atomic E-state index is 0.583. The maximum absolute atomic E-state index is 6.15. The van der Waals surface area contributed by atoms with Gasteiger partial charge < -0.3 is 4.74 Å². The summed E-state index contributed by atoms with van der Waals surface area (Å²) in [5.74, 6) is 0.890. The highest BCUT2D eigenvalue weighted by Gasteiger charge is 2.05. The molecule has 0 spiro atoms. The van der Waals surface area contributed by atoms with Gasteiger partial charge in [-0.3, -0.25) is 0 Å². The van der Waals surface area contributed by atoms with Gasteiger partial charge in [-0.25, -0.2) is 0 Å². The Morgan fingerprint density at radius 1 is 1.00 bits per heavy atom. The molecule has 0 saturated heterocycles. The van der Waals surface area contributed by atoms with Crippen LogP contribution in [0.1, 0.15) is 4.88 Å². The Hall–Kier alpha value is -1.51. The summed E-state index contributed by atoms with van der Waals surface area (Å²) in [5.41, 5.74) is 0. The van der Waals surface area contributed by atoms with Gasteiger partial charge in [-0.15, -0.1) is 11.3 Å². The lowest BCUT2D eigenvalue weighted by molar-refractivity contribution is 0.310. The van der Waals surface area contributed by atoms with Crippen LogP contribution in [0, 0.1) is 0 Å². The van der Waals surface area contributed by atoms with Crippen molar-refractivity contribution in [3.05, 3.63) is 64.5 Å². The number of para-hydroxylation sites is 1. The van der Waals surface area contributed by atoms with E-state index < -0.39 is 0 Å². The largest absolute Gasteiger partial charge is 0.488 e. The van der Waals surface area contributed by atoms with Gasteiger partial charge in [0.1, 0.15) is 12.4 Å². The molecule has 0 radical (unpaired) electrons. The molecule has 2 aromatic carbocycles. The SMILES string of the molecule is Clc1cccc2sc(COc3ccccc3)cc12. The average molecular weight is 275 g/mol. The summed E-state index contributed by atoms with van der Waals surface area (Å²) >= 11 is 7.87. The average Bonchev–Trinajstić information content (AvgIpc) is 2.82. The molecule has 0 amide bonds. The Labute approximate surface area is 115 Å². The topological polar surface area (TPSA) is 9.23 Å². The van der Waals surface area contributed by atoms with Crippen LogP contribution in [0.4, 0.5) is 0 Å². The molecule has 3 aromatic rings. The van der Waals surface area contributed by atoms with Gasteiger partial charge in [0.05, 0.1) is 0 Å². The summed E-state index contributed by atoms with van der Waals surface area (Å²) in [4.78, 5) is 1.18. The van der Waals surface area contributed by atoms with Crippen molar-refractivity contribution in [1.82, 2.24) is 0 Å². The smallest absolute Gasteiger partial charge is 0.122 e. The summed E-state index contributed by atoms with van der Waals surface area (Å²) in [6, 6.07) is 17.9. The third-order valence-corrected chi connectivity index (χ3v) is 4.09. The number of hydrogen-bond acceptors (Lipinski definition) is 2. The first-order valence-electron chi connectivity index (χ1n) is 5.68. The molecule has 0 aliphatic carbocycles. The van der Waals surface area contributed by atoms with Gasteiger partial charge in [-0.05, 0) is 30.3 Å². The summed E-state index contributed by atoms with van der Waals surface area (Å²) in [7, 11) is 0. The maximum Gasteiger partial charge on any atom is 0.122 e. The summed E-state index contributed by atoms with van der Waals surface area (Å²) in [6.45, 7) is 0.583. The van der Waals surface area contributed by atoms with Crippen LogP contribution in [0.25, 0.3) is 10.1 Å². The molecule has 18 heavy (non-hydrogen) atoms. The predicted molar refractivity (Wildman–Crippen MR) is 77.6 cm³/mol. The van der Waals surface area contributed by atoms with Crippen LogP contribution in [0.15, 0.2) is 54.6 Å². The number of fused-ring (bicyclic) bond motifs is 1. The van der Waals surface area contributed by atoms with Gasteiger partial charge in [0.15, 0.2) is 0 Å². The van der Waals surface area contributed by atoms with Gasteiger partial charge in [0.25, 0.3) is 0 Å².